The van der Waals surface area contributed by atoms with Crippen LogP contribution in [0.25, 0.3) is 10.2 Å². The number of para-hydroxylation sites is 3. The van der Waals surface area contributed by atoms with Crippen molar-refractivity contribution >= 4 is 38.6 Å². The third-order valence-corrected chi connectivity index (χ3v) is 5.71. The zero-order valence-corrected chi connectivity index (χ0v) is 17.0. The van der Waals surface area contributed by atoms with Crippen LogP contribution in [-0.4, -0.2) is 4.98 Å². The van der Waals surface area contributed by atoms with Gasteiger partial charge in [0.2, 0.25) is 0 Å². The van der Waals surface area contributed by atoms with Crippen LogP contribution in [0.5, 0.6) is 0 Å². The Kier molecular flexibility index (Phi) is 4.99. The quantitative estimate of drug-likeness (QED) is 0.298. The smallest absolute Gasteiger partial charge is 0.168 e. The van der Waals surface area contributed by atoms with Gasteiger partial charge in [0.15, 0.2) is 5.01 Å². The van der Waals surface area contributed by atoms with Gasteiger partial charge in [0.25, 0.3) is 0 Å². The summed E-state index contributed by atoms with van der Waals surface area (Å²) in [4.78, 5) is 6.83. The molecule has 1 heterocycles. The highest BCUT2D eigenvalue weighted by atomic mass is 32.1. The summed E-state index contributed by atoms with van der Waals surface area (Å²) >= 11 is 1.63. The first-order chi connectivity index (χ1) is 14.9. The molecule has 0 aliphatic carbocycles. The second-order valence-electron chi connectivity index (χ2n) is 6.79. The Morgan fingerprint density at radius 3 is 1.77 bits per heavy atom. The van der Waals surface area contributed by atoms with E-state index in [1.165, 1.54) is 4.70 Å². The third-order valence-electron chi connectivity index (χ3n) is 4.76. The largest absolute Gasteiger partial charge is 0.311 e. The van der Waals surface area contributed by atoms with E-state index in [1.54, 1.807) is 11.3 Å². The van der Waals surface area contributed by atoms with Crippen LogP contribution >= 0.6 is 11.3 Å². The molecule has 142 valence electrons. The number of anilines is 3. The molecule has 0 fully saturated rings. The standard InChI is InChI=1S/C27H18N2S/c1-3-9-22(10-4-1)29(23-11-5-2-6-12-23)24-18-15-21(16-19-24)17-20-27-28-25-13-7-8-14-26(25)30-27/h1-16,18-19H. The molecule has 30 heavy (non-hydrogen) atoms. The van der Waals surface area contributed by atoms with E-state index in [-0.39, 0.29) is 0 Å². The van der Waals surface area contributed by atoms with E-state index in [9.17, 15) is 0 Å². The van der Waals surface area contributed by atoms with Gasteiger partial charge in [-0.15, -0.1) is 11.3 Å². The van der Waals surface area contributed by atoms with E-state index in [0.29, 0.717) is 0 Å². The van der Waals surface area contributed by atoms with Crippen LogP contribution in [0.3, 0.4) is 0 Å². The molecular formula is C27H18N2S. The van der Waals surface area contributed by atoms with Gasteiger partial charge in [-0.3, -0.25) is 0 Å². The van der Waals surface area contributed by atoms with Gasteiger partial charge in [-0.05, 0) is 66.6 Å². The van der Waals surface area contributed by atoms with Crippen molar-refractivity contribution in [1.82, 2.24) is 4.98 Å². The molecule has 0 aliphatic heterocycles. The molecule has 0 saturated heterocycles. The second kappa shape index (κ2) is 8.24. The zero-order valence-electron chi connectivity index (χ0n) is 16.2. The van der Waals surface area contributed by atoms with Crippen molar-refractivity contribution in [3.05, 3.63) is 120 Å². The Bertz CT molecular complexity index is 1260. The van der Waals surface area contributed by atoms with Crippen LogP contribution in [0.1, 0.15) is 10.6 Å². The molecule has 0 bridgehead atoms. The number of thiazole rings is 1. The monoisotopic (exact) mass is 402 g/mol. The molecule has 5 aromatic rings. The van der Waals surface area contributed by atoms with Crippen molar-refractivity contribution in [1.29, 1.82) is 0 Å². The molecule has 0 atom stereocenters. The molecule has 0 radical (unpaired) electrons. The molecule has 1 aromatic heterocycles. The normalized spacial score (nSPS) is 10.4. The minimum absolute atomic E-state index is 0.843. The predicted molar refractivity (Wildman–Crippen MR) is 127 cm³/mol. The molecule has 3 heteroatoms. The summed E-state index contributed by atoms with van der Waals surface area (Å²) in [6, 6.07) is 37.3. The summed E-state index contributed by atoms with van der Waals surface area (Å²) in [5.74, 6) is 6.45. The van der Waals surface area contributed by atoms with E-state index < -0.39 is 0 Å². The fraction of sp³-hybridized carbons (Fsp3) is 0. The van der Waals surface area contributed by atoms with E-state index in [2.05, 4.69) is 101 Å². The Morgan fingerprint density at radius 1 is 0.567 bits per heavy atom. The summed E-state index contributed by atoms with van der Waals surface area (Å²) in [6.07, 6.45) is 0. The van der Waals surface area contributed by atoms with Gasteiger partial charge in [0.1, 0.15) is 0 Å². The summed E-state index contributed by atoms with van der Waals surface area (Å²) in [6.45, 7) is 0. The first-order valence-electron chi connectivity index (χ1n) is 9.75. The predicted octanol–water partition coefficient (Wildman–Crippen LogP) is 7.17. The molecule has 0 saturated carbocycles. The molecule has 0 amide bonds. The Morgan fingerprint density at radius 2 is 1.13 bits per heavy atom. The first kappa shape index (κ1) is 18.2. The number of rotatable bonds is 3. The lowest BCUT2D eigenvalue weighted by atomic mass is 10.1. The van der Waals surface area contributed by atoms with Gasteiger partial charge >= 0.3 is 0 Å². The SMILES string of the molecule is C(#Cc1nc2ccccc2s1)c1ccc(N(c2ccccc2)c2ccccc2)cc1. The minimum Gasteiger partial charge on any atom is -0.311 e. The number of benzene rings is 4. The van der Waals surface area contributed by atoms with Crippen molar-refractivity contribution in [3.8, 4) is 11.8 Å². The van der Waals surface area contributed by atoms with Crippen LogP contribution in [-0.2, 0) is 0 Å². The van der Waals surface area contributed by atoms with Crippen LogP contribution in [0.15, 0.2) is 109 Å². The number of hydrogen-bond donors (Lipinski definition) is 0. The Hall–Kier alpha value is -3.87. The maximum Gasteiger partial charge on any atom is 0.168 e. The van der Waals surface area contributed by atoms with Gasteiger partial charge in [0.05, 0.1) is 10.2 Å². The van der Waals surface area contributed by atoms with Gasteiger partial charge in [-0.2, -0.15) is 0 Å². The first-order valence-corrected chi connectivity index (χ1v) is 10.6. The highest BCUT2D eigenvalue weighted by molar-refractivity contribution is 7.19. The molecule has 0 aliphatic rings. The molecule has 2 nitrogen and oxygen atoms in total. The highest BCUT2D eigenvalue weighted by Crippen LogP contribution is 2.34. The van der Waals surface area contributed by atoms with Crippen LogP contribution in [0.2, 0.25) is 0 Å². The summed E-state index contributed by atoms with van der Waals surface area (Å²) in [5.41, 5.74) is 5.31. The van der Waals surface area contributed by atoms with Crippen molar-refractivity contribution < 1.29 is 0 Å². The Balaban J connectivity index is 1.46. The van der Waals surface area contributed by atoms with Crippen LogP contribution in [0, 0.1) is 11.8 Å². The van der Waals surface area contributed by atoms with Gasteiger partial charge in [-0.25, -0.2) is 4.98 Å². The van der Waals surface area contributed by atoms with Crippen molar-refractivity contribution in [3.63, 3.8) is 0 Å². The van der Waals surface area contributed by atoms with E-state index in [0.717, 1.165) is 33.1 Å². The Labute approximate surface area is 180 Å². The van der Waals surface area contributed by atoms with Crippen molar-refractivity contribution in [2.45, 2.75) is 0 Å². The lowest BCUT2D eigenvalue weighted by molar-refractivity contribution is 1.28. The maximum absolute atomic E-state index is 4.59. The number of hydrogen-bond acceptors (Lipinski definition) is 3. The average Bonchev–Trinajstić information content (AvgIpc) is 3.23. The van der Waals surface area contributed by atoms with Crippen molar-refractivity contribution in [2.75, 3.05) is 4.90 Å². The fourth-order valence-corrected chi connectivity index (χ4v) is 4.17. The molecular weight excluding hydrogens is 384 g/mol. The second-order valence-corrected chi connectivity index (χ2v) is 7.82. The summed E-state index contributed by atoms with van der Waals surface area (Å²) in [5, 5.41) is 0.843. The molecule has 4 aromatic carbocycles. The number of aromatic nitrogens is 1. The number of fused-ring (bicyclic) bond motifs is 1. The average molecular weight is 403 g/mol. The lowest BCUT2D eigenvalue weighted by Gasteiger charge is -2.25. The molecule has 5 rings (SSSR count). The molecule has 0 unspecified atom stereocenters. The number of nitrogens with zero attached hydrogens (tertiary/aromatic N) is 2. The zero-order chi connectivity index (χ0) is 20.2. The summed E-state index contributed by atoms with van der Waals surface area (Å²) in [7, 11) is 0. The van der Waals surface area contributed by atoms with E-state index in [1.807, 2.05) is 30.3 Å². The van der Waals surface area contributed by atoms with Gasteiger partial charge in [-0.1, -0.05) is 54.5 Å². The maximum atomic E-state index is 4.59. The highest BCUT2D eigenvalue weighted by Gasteiger charge is 2.11. The van der Waals surface area contributed by atoms with Gasteiger partial charge < -0.3 is 4.90 Å². The topological polar surface area (TPSA) is 16.1 Å². The summed E-state index contributed by atoms with van der Waals surface area (Å²) < 4.78 is 1.17. The third kappa shape index (κ3) is 3.82. The molecule has 0 spiro atoms. The van der Waals surface area contributed by atoms with Crippen molar-refractivity contribution in [2.24, 2.45) is 0 Å². The minimum atomic E-state index is 0.843. The van der Waals surface area contributed by atoms with Crippen LogP contribution < -0.4 is 4.90 Å². The lowest BCUT2D eigenvalue weighted by Crippen LogP contribution is -2.09. The van der Waals surface area contributed by atoms with Crippen LogP contribution in [0.4, 0.5) is 17.1 Å². The van der Waals surface area contributed by atoms with Gasteiger partial charge in [0, 0.05) is 22.6 Å². The van der Waals surface area contributed by atoms with E-state index in [4.69, 9.17) is 0 Å². The van der Waals surface area contributed by atoms with E-state index >= 15 is 0 Å². The molecule has 0 N–H and O–H groups in total. The fourth-order valence-electron chi connectivity index (χ4n) is 3.35.